The van der Waals surface area contributed by atoms with Crippen LogP contribution < -0.4 is 9.64 Å². The number of carboxylic acid groups (broad SMARTS) is 1. The fourth-order valence-electron chi connectivity index (χ4n) is 5.48. The van der Waals surface area contributed by atoms with Gasteiger partial charge in [-0.05, 0) is 37.9 Å². The Morgan fingerprint density at radius 1 is 1.13 bits per heavy atom. The molecule has 2 aliphatic heterocycles. The lowest BCUT2D eigenvalue weighted by atomic mass is 10.0. The second kappa shape index (κ2) is 10.4. The molecule has 202 valence electrons. The van der Waals surface area contributed by atoms with Crippen molar-refractivity contribution in [3.05, 3.63) is 53.4 Å². The lowest BCUT2D eigenvalue weighted by Gasteiger charge is -2.34. The lowest BCUT2D eigenvalue weighted by Crippen LogP contribution is -2.48. The number of amides is 1. The summed E-state index contributed by atoms with van der Waals surface area (Å²) < 4.78 is 22.4. The van der Waals surface area contributed by atoms with Crippen molar-refractivity contribution in [3.8, 4) is 17.3 Å². The molecule has 4 heterocycles. The summed E-state index contributed by atoms with van der Waals surface area (Å²) in [4.78, 5) is 30.7. The number of anilines is 1. The molecule has 0 aliphatic carbocycles. The van der Waals surface area contributed by atoms with Crippen molar-refractivity contribution < 1.29 is 19.0 Å². The summed E-state index contributed by atoms with van der Waals surface area (Å²) in [5, 5.41) is 11.9. The number of likely N-dealkylation sites (N-methyl/N-ethyl adjacent to an activating group) is 1. The number of pyridine rings is 1. The summed E-state index contributed by atoms with van der Waals surface area (Å²) in [7, 11) is 2.06. The standard InChI is InChI=1S/C28H28ClFN6O3/c1-34-10-4-7-18(34)16-39-27-32-25-20(26(33-27)35-11-13-36(14-12-35)28(37)38)15-31-24(23(25)30)19-8-2-5-17-6-3-9-21(29)22(17)19/h2-3,5-6,8-9,15,18H,4,7,10-14,16H2,1H3,(H,37,38)/t18-/m0/s1. The number of fused-ring (bicyclic) bond motifs is 2. The second-order valence-electron chi connectivity index (χ2n) is 10.0. The molecule has 1 atom stereocenters. The van der Waals surface area contributed by atoms with Gasteiger partial charge in [-0.25, -0.2) is 9.18 Å². The van der Waals surface area contributed by atoms with E-state index < -0.39 is 11.9 Å². The van der Waals surface area contributed by atoms with Gasteiger partial charge in [0.2, 0.25) is 0 Å². The van der Waals surface area contributed by atoms with Gasteiger partial charge in [0.15, 0.2) is 5.82 Å². The van der Waals surface area contributed by atoms with Crippen molar-refractivity contribution >= 4 is 45.2 Å². The summed E-state index contributed by atoms with van der Waals surface area (Å²) >= 11 is 6.53. The Morgan fingerprint density at radius 3 is 2.62 bits per heavy atom. The van der Waals surface area contributed by atoms with Crippen LogP contribution in [-0.4, -0.2) is 88.4 Å². The van der Waals surface area contributed by atoms with Crippen molar-refractivity contribution in [2.24, 2.45) is 0 Å². The maximum Gasteiger partial charge on any atom is 0.407 e. The molecule has 0 bridgehead atoms. The Morgan fingerprint density at radius 2 is 1.90 bits per heavy atom. The Balaban J connectivity index is 1.45. The first-order valence-electron chi connectivity index (χ1n) is 13.0. The third-order valence-corrected chi connectivity index (χ3v) is 7.99. The van der Waals surface area contributed by atoms with E-state index in [0.717, 1.165) is 24.8 Å². The van der Waals surface area contributed by atoms with E-state index in [1.807, 2.05) is 29.2 Å². The minimum atomic E-state index is -0.960. The van der Waals surface area contributed by atoms with Gasteiger partial charge in [-0.3, -0.25) is 4.98 Å². The highest BCUT2D eigenvalue weighted by atomic mass is 35.5. The molecule has 2 aliphatic rings. The lowest BCUT2D eigenvalue weighted by molar-refractivity contribution is 0.142. The fourth-order valence-corrected chi connectivity index (χ4v) is 5.76. The summed E-state index contributed by atoms with van der Waals surface area (Å²) in [6.45, 7) is 2.84. The molecule has 2 fully saturated rings. The van der Waals surface area contributed by atoms with Gasteiger partial charge in [-0.1, -0.05) is 41.9 Å². The SMILES string of the molecule is CN1CCC[C@H]1COc1nc(N2CCN(C(=O)O)CC2)c2cnc(-c3cccc4cccc(Cl)c34)c(F)c2n1. The Hall–Kier alpha value is -3.76. The number of benzene rings is 2. The number of carbonyl (C=O) groups is 1. The maximum absolute atomic E-state index is 16.3. The molecule has 0 unspecified atom stereocenters. The molecular formula is C28H28ClFN6O3. The number of aromatic nitrogens is 3. The summed E-state index contributed by atoms with van der Waals surface area (Å²) in [5.41, 5.74) is 0.815. The van der Waals surface area contributed by atoms with E-state index in [-0.39, 0.29) is 23.3 Å². The Bertz CT molecular complexity index is 1560. The maximum atomic E-state index is 16.3. The monoisotopic (exact) mass is 550 g/mol. The second-order valence-corrected chi connectivity index (χ2v) is 10.4. The first kappa shape index (κ1) is 25.5. The van der Waals surface area contributed by atoms with E-state index in [9.17, 15) is 9.90 Å². The fraction of sp³-hybridized carbons (Fsp3) is 0.357. The van der Waals surface area contributed by atoms with Gasteiger partial charge in [-0.15, -0.1) is 0 Å². The number of halogens is 2. The molecule has 6 rings (SSSR count). The van der Waals surface area contributed by atoms with Gasteiger partial charge in [0, 0.05) is 54.4 Å². The first-order chi connectivity index (χ1) is 18.9. The molecule has 39 heavy (non-hydrogen) atoms. The van der Waals surface area contributed by atoms with E-state index in [2.05, 4.69) is 26.9 Å². The predicted molar refractivity (Wildman–Crippen MR) is 148 cm³/mol. The summed E-state index contributed by atoms with van der Waals surface area (Å²) in [6, 6.07) is 11.4. The number of likely N-dealkylation sites (tertiary alicyclic amines) is 1. The van der Waals surface area contributed by atoms with Crippen LogP contribution in [0.2, 0.25) is 5.02 Å². The largest absolute Gasteiger partial charge is 0.465 e. The zero-order valence-corrected chi connectivity index (χ0v) is 22.2. The average Bonchev–Trinajstić information content (AvgIpc) is 3.36. The number of nitrogens with zero attached hydrogens (tertiary/aromatic N) is 6. The molecule has 0 saturated carbocycles. The predicted octanol–water partition coefficient (Wildman–Crippen LogP) is 4.91. The van der Waals surface area contributed by atoms with Crippen LogP contribution >= 0.6 is 11.6 Å². The van der Waals surface area contributed by atoms with E-state index in [4.69, 9.17) is 16.3 Å². The molecule has 4 aromatic rings. The van der Waals surface area contributed by atoms with Gasteiger partial charge in [0.1, 0.15) is 23.6 Å². The van der Waals surface area contributed by atoms with Crippen LogP contribution in [0.25, 0.3) is 32.9 Å². The highest BCUT2D eigenvalue weighted by Crippen LogP contribution is 2.37. The van der Waals surface area contributed by atoms with Crippen molar-refractivity contribution in [2.45, 2.75) is 18.9 Å². The van der Waals surface area contributed by atoms with Gasteiger partial charge >= 0.3 is 12.1 Å². The highest BCUT2D eigenvalue weighted by molar-refractivity contribution is 6.36. The smallest absolute Gasteiger partial charge is 0.407 e. The molecule has 2 aromatic carbocycles. The van der Waals surface area contributed by atoms with E-state index in [0.29, 0.717) is 60.0 Å². The molecule has 2 aromatic heterocycles. The highest BCUT2D eigenvalue weighted by Gasteiger charge is 2.27. The molecule has 0 spiro atoms. The van der Waals surface area contributed by atoms with Crippen LogP contribution in [0, 0.1) is 5.82 Å². The number of rotatable bonds is 5. The Kier molecular flexibility index (Phi) is 6.82. The third kappa shape index (κ3) is 4.79. The molecule has 1 N–H and O–H groups in total. The first-order valence-corrected chi connectivity index (χ1v) is 13.4. The van der Waals surface area contributed by atoms with Crippen molar-refractivity contribution in [3.63, 3.8) is 0 Å². The van der Waals surface area contributed by atoms with Gasteiger partial charge < -0.3 is 24.5 Å². The van der Waals surface area contributed by atoms with Crippen LogP contribution in [0.3, 0.4) is 0 Å². The Labute approximate surface area is 229 Å². The average molecular weight is 551 g/mol. The molecule has 11 heteroatoms. The molecule has 0 radical (unpaired) electrons. The van der Waals surface area contributed by atoms with Crippen LogP contribution in [-0.2, 0) is 0 Å². The number of hydrogen-bond acceptors (Lipinski definition) is 7. The summed E-state index contributed by atoms with van der Waals surface area (Å²) in [6.07, 6.45) is 2.73. The number of piperazine rings is 1. The molecule has 9 nitrogen and oxygen atoms in total. The minimum Gasteiger partial charge on any atom is -0.465 e. The topological polar surface area (TPSA) is 94.9 Å². The minimum absolute atomic E-state index is 0.0884. The van der Waals surface area contributed by atoms with E-state index >= 15 is 4.39 Å². The van der Waals surface area contributed by atoms with Crippen LogP contribution in [0.4, 0.5) is 15.0 Å². The quantitative estimate of drug-likeness (QED) is 0.374. The summed E-state index contributed by atoms with van der Waals surface area (Å²) in [5.74, 6) is -0.107. The number of hydrogen-bond donors (Lipinski definition) is 1. The zero-order valence-electron chi connectivity index (χ0n) is 21.5. The van der Waals surface area contributed by atoms with E-state index in [1.54, 1.807) is 18.3 Å². The molecular weight excluding hydrogens is 523 g/mol. The van der Waals surface area contributed by atoms with Crippen molar-refractivity contribution in [2.75, 3.05) is 51.3 Å². The molecule has 1 amide bonds. The normalized spacial score (nSPS) is 18.3. The zero-order chi connectivity index (χ0) is 27.1. The van der Waals surface area contributed by atoms with Crippen molar-refractivity contribution in [1.82, 2.24) is 24.8 Å². The van der Waals surface area contributed by atoms with Crippen LogP contribution in [0.5, 0.6) is 6.01 Å². The van der Waals surface area contributed by atoms with E-state index in [1.165, 1.54) is 4.90 Å². The molecule has 2 saturated heterocycles. The van der Waals surface area contributed by atoms with Crippen LogP contribution in [0.15, 0.2) is 42.6 Å². The van der Waals surface area contributed by atoms with Crippen LogP contribution in [0.1, 0.15) is 12.8 Å². The van der Waals surface area contributed by atoms with Gasteiger partial charge in [0.25, 0.3) is 0 Å². The van der Waals surface area contributed by atoms with Gasteiger partial charge in [0.05, 0.1) is 5.39 Å². The number of ether oxygens (including phenoxy) is 1. The van der Waals surface area contributed by atoms with Gasteiger partial charge in [-0.2, -0.15) is 9.97 Å². The van der Waals surface area contributed by atoms with Crippen molar-refractivity contribution in [1.29, 1.82) is 0 Å². The third-order valence-electron chi connectivity index (χ3n) is 7.68.